The number of unbranched alkanes of at least 4 members (excludes halogenated alkanes) is 1. The highest BCUT2D eigenvalue weighted by atomic mass is 32.2. The first kappa shape index (κ1) is 27.3. The third-order valence-corrected chi connectivity index (χ3v) is 7.18. The Hall–Kier alpha value is -2.91. The van der Waals surface area contributed by atoms with Crippen molar-refractivity contribution in [3.05, 3.63) is 65.7 Å². The van der Waals surface area contributed by atoms with Crippen LogP contribution in [0.15, 0.2) is 64.5 Å². The maximum atomic E-state index is 13.3. The number of hydrogen-bond acceptors (Lipinski definition) is 4. The molecule has 1 atom stereocenters. The number of carboxylic acids is 1. The molecule has 4 N–H and O–H groups in total. The number of carbonyl (C=O) groups is 1. The van der Waals surface area contributed by atoms with Crippen LogP contribution in [-0.2, 0) is 21.4 Å². The van der Waals surface area contributed by atoms with Crippen molar-refractivity contribution < 1.29 is 18.3 Å². The average molecular weight is 489 g/mol. The largest absolute Gasteiger partial charge is 0.480 e. The Labute approximate surface area is 202 Å². The highest BCUT2D eigenvalue weighted by Gasteiger charge is 2.35. The van der Waals surface area contributed by atoms with Crippen LogP contribution in [0.25, 0.3) is 0 Å². The Balaban J connectivity index is 1.98. The molecule has 0 aliphatic carbocycles. The summed E-state index contributed by atoms with van der Waals surface area (Å²) < 4.78 is 27.8. The lowest BCUT2D eigenvalue weighted by molar-refractivity contribution is -0.141. The van der Waals surface area contributed by atoms with Crippen LogP contribution < -0.4 is 11.1 Å². The van der Waals surface area contributed by atoms with E-state index in [-0.39, 0.29) is 23.8 Å². The smallest absolute Gasteiger partial charge is 0.322 e. The fraction of sp³-hybridized carbons (Fsp3) is 0.440. The number of guanidine groups is 1. The van der Waals surface area contributed by atoms with Crippen LogP contribution in [0, 0.1) is 12.8 Å². The minimum absolute atomic E-state index is 0.0237. The molecule has 0 fully saturated rings. The van der Waals surface area contributed by atoms with Gasteiger partial charge in [-0.3, -0.25) is 4.79 Å². The molecular weight excluding hydrogens is 452 g/mol. The average Bonchev–Trinajstić information content (AvgIpc) is 2.79. The van der Waals surface area contributed by atoms with Gasteiger partial charge in [0.2, 0.25) is 10.0 Å². The van der Waals surface area contributed by atoms with E-state index in [4.69, 9.17) is 5.73 Å². The standard InChI is InChI=1S/C25H36N4O4S/c1-19(2)18-29(34(32,33)22-14-12-20(3)13-15-22)23(24(30)31)11-7-8-16-27-25(26)28-17-21-9-5-4-6-10-21/h4-6,9-10,12-15,19,23H,7-8,11,16-18H2,1-3H3,(H,30,31)(H3,26,27,28). The summed E-state index contributed by atoms with van der Waals surface area (Å²) in [5.41, 5.74) is 7.89. The number of sulfonamides is 1. The molecule has 0 aromatic heterocycles. The molecule has 0 amide bonds. The number of benzene rings is 2. The zero-order valence-electron chi connectivity index (χ0n) is 20.1. The van der Waals surface area contributed by atoms with Crippen LogP contribution in [0.5, 0.6) is 0 Å². The molecule has 9 heteroatoms. The lowest BCUT2D eigenvalue weighted by Crippen LogP contribution is -2.46. The molecule has 186 valence electrons. The van der Waals surface area contributed by atoms with Gasteiger partial charge in [0, 0.05) is 13.1 Å². The summed E-state index contributed by atoms with van der Waals surface area (Å²) in [6.07, 6.45) is 1.36. The van der Waals surface area contributed by atoms with Crippen molar-refractivity contribution in [3.8, 4) is 0 Å². The Morgan fingerprint density at radius 3 is 2.32 bits per heavy atom. The fourth-order valence-electron chi connectivity index (χ4n) is 3.48. The molecule has 0 aliphatic heterocycles. The minimum atomic E-state index is -3.95. The summed E-state index contributed by atoms with van der Waals surface area (Å²) in [4.78, 5) is 16.5. The summed E-state index contributed by atoms with van der Waals surface area (Å²) >= 11 is 0. The molecule has 0 heterocycles. The third kappa shape index (κ3) is 8.46. The maximum absolute atomic E-state index is 13.3. The van der Waals surface area contributed by atoms with Crippen molar-refractivity contribution in [1.29, 1.82) is 0 Å². The Morgan fingerprint density at radius 1 is 1.09 bits per heavy atom. The zero-order chi connectivity index (χ0) is 25.1. The van der Waals surface area contributed by atoms with E-state index >= 15 is 0 Å². The molecule has 2 aromatic carbocycles. The van der Waals surface area contributed by atoms with Gasteiger partial charge in [0.1, 0.15) is 6.04 Å². The first-order chi connectivity index (χ1) is 16.1. The predicted molar refractivity (Wildman–Crippen MR) is 135 cm³/mol. The van der Waals surface area contributed by atoms with Crippen molar-refractivity contribution in [2.75, 3.05) is 13.1 Å². The van der Waals surface area contributed by atoms with E-state index in [0.717, 1.165) is 15.4 Å². The van der Waals surface area contributed by atoms with Gasteiger partial charge in [-0.1, -0.05) is 61.9 Å². The normalized spacial score (nSPS) is 13.3. The number of hydrogen-bond donors (Lipinski definition) is 3. The van der Waals surface area contributed by atoms with E-state index in [1.807, 2.05) is 51.1 Å². The van der Waals surface area contributed by atoms with E-state index in [9.17, 15) is 18.3 Å². The Kier molecular flexibility index (Phi) is 10.5. The van der Waals surface area contributed by atoms with Crippen molar-refractivity contribution in [2.24, 2.45) is 16.6 Å². The molecule has 0 spiro atoms. The van der Waals surface area contributed by atoms with Gasteiger partial charge in [-0.2, -0.15) is 4.31 Å². The van der Waals surface area contributed by atoms with Crippen LogP contribution in [0.3, 0.4) is 0 Å². The van der Waals surface area contributed by atoms with Gasteiger partial charge in [0.25, 0.3) is 0 Å². The second kappa shape index (κ2) is 13.1. The first-order valence-corrected chi connectivity index (χ1v) is 12.9. The number of nitrogens with zero attached hydrogens (tertiary/aromatic N) is 2. The maximum Gasteiger partial charge on any atom is 0.322 e. The van der Waals surface area contributed by atoms with E-state index in [1.54, 1.807) is 12.1 Å². The molecule has 34 heavy (non-hydrogen) atoms. The number of nitrogens with one attached hydrogen (secondary N) is 1. The van der Waals surface area contributed by atoms with E-state index < -0.39 is 22.0 Å². The van der Waals surface area contributed by atoms with Gasteiger partial charge in [0.15, 0.2) is 5.96 Å². The van der Waals surface area contributed by atoms with E-state index in [2.05, 4.69) is 10.3 Å². The number of nitrogens with two attached hydrogens (primary N) is 1. The van der Waals surface area contributed by atoms with Crippen LogP contribution in [0.4, 0.5) is 0 Å². The van der Waals surface area contributed by atoms with Crippen LogP contribution in [0.1, 0.15) is 44.2 Å². The molecule has 0 radical (unpaired) electrons. The van der Waals surface area contributed by atoms with Crippen molar-refractivity contribution >= 4 is 22.0 Å². The predicted octanol–water partition coefficient (Wildman–Crippen LogP) is 3.37. The number of aliphatic imine (C=N–C) groups is 1. The van der Waals surface area contributed by atoms with Gasteiger partial charge in [-0.15, -0.1) is 0 Å². The fourth-order valence-corrected chi connectivity index (χ4v) is 5.26. The lowest BCUT2D eigenvalue weighted by Gasteiger charge is -2.29. The molecular formula is C25H36N4O4S. The topological polar surface area (TPSA) is 125 Å². The van der Waals surface area contributed by atoms with Gasteiger partial charge in [-0.05, 0) is 49.8 Å². The van der Waals surface area contributed by atoms with Gasteiger partial charge in [0.05, 0.1) is 11.4 Å². The number of aryl methyl sites for hydroxylation is 1. The summed E-state index contributed by atoms with van der Waals surface area (Å²) in [5, 5.41) is 12.9. The molecule has 0 saturated heterocycles. The Morgan fingerprint density at radius 2 is 1.74 bits per heavy atom. The summed E-state index contributed by atoms with van der Waals surface area (Å²) in [6.45, 7) is 6.74. The number of aliphatic carboxylic acids is 1. The van der Waals surface area contributed by atoms with Crippen molar-refractivity contribution in [1.82, 2.24) is 9.62 Å². The number of carboxylic acid groups (broad SMARTS) is 1. The van der Waals surface area contributed by atoms with Crippen LogP contribution in [0.2, 0.25) is 0 Å². The second-order valence-electron chi connectivity index (χ2n) is 8.75. The zero-order valence-corrected chi connectivity index (χ0v) is 21.0. The molecule has 8 nitrogen and oxygen atoms in total. The van der Waals surface area contributed by atoms with E-state index in [1.165, 1.54) is 12.1 Å². The highest BCUT2D eigenvalue weighted by molar-refractivity contribution is 7.89. The monoisotopic (exact) mass is 488 g/mol. The van der Waals surface area contributed by atoms with Crippen LogP contribution in [-0.4, -0.2) is 48.9 Å². The molecule has 0 bridgehead atoms. The summed E-state index contributed by atoms with van der Waals surface area (Å²) in [7, 11) is -3.95. The quantitative estimate of drug-likeness (QED) is 0.226. The van der Waals surface area contributed by atoms with E-state index in [0.29, 0.717) is 31.9 Å². The molecule has 2 rings (SSSR count). The van der Waals surface area contributed by atoms with Crippen molar-refractivity contribution in [2.45, 2.75) is 57.5 Å². The van der Waals surface area contributed by atoms with Gasteiger partial charge < -0.3 is 16.2 Å². The lowest BCUT2D eigenvalue weighted by atomic mass is 10.1. The molecule has 0 saturated carbocycles. The first-order valence-electron chi connectivity index (χ1n) is 11.5. The van der Waals surface area contributed by atoms with Crippen molar-refractivity contribution in [3.63, 3.8) is 0 Å². The Bertz CT molecular complexity index is 1040. The van der Waals surface area contributed by atoms with Crippen LogP contribution >= 0.6 is 0 Å². The summed E-state index contributed by atoms with van der Waals surface area (Å²) in [6, 6.07) is 15.1. The molecule has 2 aromatic rings. The van der Waals surface area contributed by atoms with Gasteiger partial charge >= 0.3 is 5.97 Å². The minimum Gasteiger partial charge on any atom is -0.480 e. The number of rotatable bonds is 13. The summed E-state index contributed by atoms with van der Waals surface area (Å²) in [5.74, 6) is -0.848. The molecule has 0 aliphatic rings. The van der Waals surface area contributed by atoms with Gasteiger partial charge in [-0.25, -0.2) is 13.4 Å². The third-order valence-electron chi connectivity index (χ3n) is 5.29. The second-order valence-corrected chi connectivity index (χ2v) is 10.6. The highest BCUT2D eigenvalue weighted by Crippen LogP contribution is 2.23. The SMILES string of the molecule is Cc1ccc(S(=O)(=O)N(CC(C)C)C(CCCCNC(N)=NCc2ccccc2)C(=O)O)cc1. The molecule has 1 unspecified atom stereocenters.